The molecule has 0 aliphatic carbocycles. The third kappa shape index (κ3) is 0.941. The molecule has 0 bridgehead atoms. The molecule has 1 radical (unpaired) electrons. The molecule has 0 unspecified atom stereocenters. The first kappa shape index (κ1) is 6.27. The third-order valence-electron chi connectivity index (χ3n) is 1.44. The van der Waals surface area contributed by atoms with E-state index in [9.17, 15) is 0 Å². The monoisotopic (exact) mass is 245 g/mol. The van der Waals surface area contributed by atoms with E-state index in [2.05, 4.69) is 51.4 Å². The van der Waals surface area contributed by atoms with Crippen LogP contribution in [0.4, 0.5) is 11.4 Å². The zero-order chi connectivity index (χ0) is 6.97. The van der Waals surface area contributed by atoms with Gasteiger partial charge in [-0.1, -0.05) is 0 Å². The summed E-state index contributed by atoms with van der Waals surface area (Å²) in [6.45, 7) is 1.83. The Morgan fingerprint density at radius 3 is 2.80 bits per heavy atom. The minimum Gasteiger partial charge on any atom is -0.360 e. The zero-order valence-corrected chi connectivity index (χ0v) is 7.34. The molecule has 1 heterocycles. The van der Waals surface area contributed by atoms with Crippen LogP contribution in [0.3, 0.4) is 0 Å². The van der Waals surface area contributed by atoms with Gasteiger partial charge in [0.1, 0.15) is 6.67 Å². The normalized spacial score (nSPS) is 13.7. The van der Waals surface area contributed by atoms with Crippen molar-refractivity contribution in [2.45, 2.75) is 0 Å². The van der Waals surface area contributed by atoms with Gasteiger partial charge in [0, 0.05) is 3.57 Å². The highest BCUT2D eigenvalue weighted by Gasteiger charge is 2.07. The Morgan fingerprint density at radius 1 is 1.10 bits per heavy atom. The molecular formula is C7H6IN2. The Labute approximate surface area is 73.2 Å². The Kier molecular flexibility index (Phi) is 1.44. The summed E-state index contributed by atoms with van der Waals surface area (Å²) >= 11 is 2.29. The highest BCUT2D eigenvalue weighted by Crippen LogP contribution is 2.28. The van der Waals surface area contributed by atoms with Gasteiger partial charge in [0.15, 0.2) is 0 Å². The molecule has 51 valence electrons. The lowest BCUT2D eigenvalue weighted by molar-refractivity contribution is 1.51. The van der Waals surface area contributed by atoms with Gasteiger partial charge in [-0.2, -0.15) is 0 Å². The number of benzene rings is 1. The number of fused-ring (bicyclic) bond motifs is 1. The Morgan fingerprint density at radius 2 is 1.90 bits per heavy atom. The van der Waals surface area contributed by atoms with Crippen LogP contribution in [0.2, 0.25) is 0 Å². The highest BCUT2D eigenvalue weighted by atomic mass is 127. The molecule has 0 spiro atoms. The number of rotatable bonds is 0. The molecule has 2 N–H and O–H groups in total. The maximum atomic E-state index is 3.10. The molecule has 0 saturated carbocycles. The van der Waals surface area contributed by atoms with Crippen LogP contribution in [0, 0.1) is 10.2 Å². The molecule has 1 aliphatic heterocycles. The van der Waals surface area contributed by atoms with Gasteiger partial charge in [-0.25, -0.2) is 0 Å². The average molecular weight is 245 g/mol. The van der Waals surface area contributed by atoms with Crippen LogP contribution in [0.15, 0.2) is 18.2 Å². The van der Waals surface area contributed by atoms with E-state index in [1.54, 1.807) is 0 Å². The highest BCUT2D eigenvalue weighted by molar-refractivity contribution is 14.1. The van der Waals surface area contributed by atoms with Crippen LogP contribution in [-0.4, -0.2) is 0 Å². The van der Waals surface area contributed by atoms with Crippen molar-refractivity contribution in [1.29, 1.82) is 0 Å². The molecule has 1 aromatic carbocycles. The molecular weight excluding hydrogens is 239 g/mol. The van der Waals surface area contributed by atoms with E-state index in [0.717, 1.165) is 11.4 Å². The predicted octanol–water partition coefficient (Wildman–Crippen LogP) is 2.25. The lowest BCUT2D eigenvalue weighted by Crippen LogP contribution is -1.89. The fourth-order valence-corrected chi connectivity index (χ4v) is 1.44. The van der Waals surface area contributed by atoms with Gasteiger partial charge in [-0.3, -0.25) is 0 Å². The van der Waals surface area contributed by atoms with Gasteiger partial charge in [0.25, 0.3) is 0 Å². The molecule has 2 rings (SSSR count). The van der Waals surface area contributed by atoms with Crippen molar-refractivity contribution in [2.24, 2.45) is 0 Å². The van der Waals surface area contributed by atoms with Crippen LogP contribution in [0.25, 0.3) is 0 Å². The zero-order valence-electron chi connectivity index (χ0n) is 5.19. The first-order valence-electron chi connectivity index (χ1n) is 3.00. The molecule has 1 aromatic rings. The van der Waals surface area contributed by atoms with E-state index < -0.39 is 0 Å². The summed E-state index contributed by atoms with van der Waals surface area (Å²) in [7, 11) is 0. The molecule has 2 nitrogen and oxygen atoms in total. The SMILES string of the molecule is Ic1ccc2c(c1)N[CH]N2. The second-order valence-corrected chi connectivity index (χ2v) is 3.37. The van der Waals surface area contributed by atoms with Crippen molar-refractivity contribution in [1.82, 2.24) is 0 Å². The van der Waals surface area contributed by atoms with Crippen molar-refractivity contribution >= 4 is 34.0 Å². The minimum absolute atomic E-state index is 1.15. The maximum Gasteiger partial charge on any atom is 0.136 e. The quantitative estimate of drug-likeness (QED) is 0.685. The van der Waals surface area contributed by atoms with Gasteiger partial charge in [-0.15, -0.1) is 0 Å². The molecule has 0 fully saturated rings. The second-order valence-electron chi connectivity index (χ2n) is 2.12. The van der Waals surface area contributed by atoms with Crippen LogP contribution in [0.5, 0.6) is 0 Å². The number of nitrogens with one attached hydrogen (secondary N) is 2. The van der Waals surface area contributed by atoms with Crippen molar-refractivity contribution in [3.05, 3.63) is 28.4 Å². The minimum atomic E-state index is 1.15. The van der Waals surface area contributed by atoms with Crippen LogP contribution in [-0.2, 0) is 0 Å². The summed E-state index contributed by atoms with van der Waals surface area (Å²) in [6.07, 6.45) is 0. The van der Waals surface area contributed by atoms with Gasteiger partial charge in [0.2, 0.25) is 0 Å². The van der Waals surface area contributed by atoms with E-state index in [1.165, 1.54) is 3.57 Å². The molecule has 10 heavy (non-hydrogen) atoms. The lowest BCUT2D eigenvalue weighted by atomic mass is 10.3. The summed E-state index contributed by atoms with van der Waals surface area (Å²) < 4.78 is 1.25. The number of anilines is 2. The van der Waals surface area contributed by atoms with Crippen LogP contribution < -0.4 is 10.6 Å². The average Bonchev–Trinajstić information content (AvgIpc) is 2.33. The van der Waals surface area contributed by atoms with E-state index in [0.29, 0.717) is 0 Å². The van der Waals surface area contributed by atoms with Crippen molar-refractivity contribution in [3.8, 4) is 0 Å². The standard InChI is InChI=1S/C7H6IN2/c8-5-1-2-6-7(3-5)10-4-9-6/h1-4,9-10H. The van der Waals surface area contributed by atoms with Crippen LogP contribution in [0.1, 0.15) is 0 Å². The first-order valence-corrected chi connectivity index (χ1v) is 4.08. The van der Waals surface area contributed by atoms with Crippen molar-refractivity contribution in [2.75, 3.05) is 10.6 Å². The van der Waals surface area contributed by atoms with Crippen molar-refractivity contribution in [3.63, 3.8) is 0 Å². The Balaban J connectivity index is 2.52. The van der Waals surface area contributed by atoms with Gasteiger partial charge in [-0.05, 0) is 40.8 Å². The lowest BCUT2D eigenvalue weighted by Gasteiger charge is -1.96. The van der Waals surface area contributed by atoms with E-state index in [1.807, 2.05) is 6.67 Å². The van der Waals surface area contributed by atoms with E-state index in [4.69, 9.17) is 0 Å². The van der Waals surface area contributed by atoms with Gasteiger partial charge in [0.05, 0.1) is 11.4 Å². The summed E-state index contributed by atoms with van der Waals surface area (Å²) in [4.78, 5) is 0. The summed E-state index contributed by atoms with van der Waals surface area (Å²) in [5.74, 6) is 0. The topological polar surface area (TPSA) is 24.1 Å². The molecule has 1 aliphatic rings. The Bertz CT molecular complexity index is 260. The van der Waals surface area contributed by atoms with Crippen LogP contribution >= 0.6 is 22.6 Å². The third-order valence-corrected chi connectivity index (χ3v) is 2.11. The number of halogens is 1. The Hall–Kier alpha value is -0.450. The number of hydrogen-bond donors (Lipinski definition) is 2. The molecule has 3 heteroatoms. The molecule has 0 aromatic heterocycles. The smallest absolute Gasteiger partial charge is 0.136 e. The van der Waals surface area contributed by atoms with E-state index in [-0.39, 0.29) is 0 Å². The summed E-state index contributed by atoms with van der Waals surface area (Å²) in [5, 5.41) is 6.19. The largest absolute Gasteiger partial charge is 0.360 e. The first-order chi connectivity index (χ1) is 4.86. The fourth-order valence-electron chi connectivity index (χ4n) is 0.953. The molecule has 0 atom stereocenters. The summed E-state index contributed by atoms with van der Waals surface area (Å²) in [5.41, 5.74) is 2.31. The fraction of sp³-hybridized carbons (Fsp3) is 0. The molecule has 0 saturated heterocycles. The predicted molar refractivity (Wildman–Crippen MR) is 50.7 cm³/mol. The van der Waals surface area contributed by atoms with Crippen molar-refractivity contribution < 1.29 is 0 Å². The van der Waals surface area contributed by atoms with E-state index >= 15 is 0 Å². The molecule has 0 amide bonds. The van der Waals surface area contributed by atoms with Gasteiger partial charge < -0.3 is 10.6 Å². The number of hydrogen-bond acceptors (Lipinski definition) is 2. The summed E-state index contributed by atoms with van der Waals surface area (Å²) in [6, 6.07) is 6.24. The van der Waals surface area contributed by atoms with Gasteiger partial charge >= 0.3 is 0 Å². The second kappa shape index (κ2) is 2.30. The maximum absolute atomic E-state index is 3.10.